The zero-order valence-corrected chi connectivity index (χ0v) is 9.40. The molecule has 0 saturated carbocycles. The standard InChI is InChI=1S/C13H14N2O/c1-9-3-5-10(6-4-9)11-7-8-12(16-2)13(14)15-11/h3-8H,1-2H3,(H2,14,15). The normalized spacial score (nSPS) is 10.1. The van der Waals surface area contributed by atoms with Gasteiger partial charge in [0.05, 0.1) is 12.8 Å². The van der Waals surface area contributed by atoms with Gasteiger partial charge >= 0.3 is 0 Å². The second-order valence-corrected chi connectivity index (χ2v) is 3.65. The zero-order valence-electron chi connectivity index (χ0n) is 9.40. The summed E-state index contributed by atoms with van der Waals surface area (Å²) in [5.41, 5.74) is 8.91. The highest BCUT2D eigenvalue weighted by molar-refractivity contribution is 5.63. The average molecular weight is 214 g/mol. The molecule has 0 saturated heterocycles. The average Bonchev–Trinajstić information content (AvgIpc) is 2.30. The molecule has 2 N–H and O–H groups in total. The monoisotopic (exact) mass is 214 g/mol. The Morgan fingerprint density at radius 3 is 2.31 bits per heavy atom. The first-order chi connectivity index (χ1) is 7.70. The number of nitrogen functional groups attached to an aromatic ring is 1. The summed E-state index contributed by atoms with van der Waals surface area (Å²) in [5.74, 6) is 1.02. The number of hydrogen-bond acceptors (Lipinski definition) is 3. The predicted octanol–water partition coefficient (Wildman–Crippen LogP) is 2.65. The Morgan fingerprint density at radius 2 is 1.75 bits per heavy atom. The molecule has 82 valence electrons. The number of anilines is 1. The summed E-state index contributed by atoms with van der Waals surface area (Å²) < 4.78 is 5.07. The lowest BCUT2D eigenvalue weighted by molar-refractivity contribution is 0.415. The minimum atomic E-state index is 0.417. The summed E-state index contributed by atoms with van der Waals surface area (Å²) >= 11 is 0. The van der Waals surface area contributed by atoms with Gasteiger partial charge in [-0.05, 0) is 19.1 Å². The minimum Gasteiger partial charge on any atom is -0.493 e. The molecule has 0 aliphatic rings. The van der Waals surface area contributed by atoms with Crippen LogP contribution in [0.5, 0.6) is 5.75 Å². The van der Waals surface area contributed by atoms with Gasteiger partial charge in [0, 0.05) is 5.56 Å². The molecule has 0 unspecified atom stereocenters. The van der Waals surface area contributed by atoms with Crippen LogP contribution in [0.25, 0.3) is 11.3 Å². The maximum Gasteiger partial charge on any atom is 0.166 e. The number of benzene rings is 1. The van der Waals surface area contributed by atoms with Crippen molar-refractivity contribution in [2.75, 3.05) is 12.8 Å². The van der Waals surface area contributed by atoms with Gasteiger partial charge < -0.3 is 10.5 Å². The number of ether oxygens (including phenoxy) is 1. The molecular formula is C13H14N2O. The van der Waals surface area contributed by atoms with Crippen LogP contribution in [-0.4, -0.2) is 12.1 Å². The maximum absolute atomic E-state index is 5.76. The smallest absolute Gasteiger partial charge is 0.166 e. The molecule has 0 fully saturated rings. The fourth-order valence-electron chi connectivity index (χ4n) is 1.52. The zero-order chi connectivity index (χ0) is 11.5. The molecule has 0 atom stereocenters. The summed E-state index contributed by atoms with van der Waals surface area (Å²) in [6.07, 6.45) is 0. The van der Waals surface area contributed by atoms with E-state index in [1.165, 1.54) is 5.56 Å². The first-order valence-corrected chi connectivity index (χ1v) is 5.08. The minimum absolute atomic E-state index is 0.417. The number of aryl methyl sites for hydroxylation is 1. The van der Waals surface area contributed by atoms with E-state index in [4.69, 9.17) is 10.5 Å². The number of pyridine rings is 1. The molecule has 16 heavy (non-hydrogen) atoms. The molecule has 1 heterocycles. The second kappa shape index (κ2) is 4.23. The van der Waals surface area contributed by atoms with Gasteiger partial charge in [0.15, 0.2) is 11.6 Å². The number of nitrogens with zero attached hydrogens (tertiary/aromatic N) is 1. The van der Waals surface area contributed by atoms with Crippen molar-refractivity contribution in [1.29, 1.82) is 0 Å². The third-order valence-corrected chi connectivity index (χ3v) is 2.45. The lowest BCUT2D eigenvalue weighted by Crippen LogP contribution is -1.96. The predicted molar refractivity (Wildman–Crippen MR) is 65.4 cm³/mol. The van der Waals surface area contributed by atoms with E-state index in [-0.39, 0.29) is 0 Å². The molecule has 2 aromatic rings. The molecule has 0 amide bonds. The molecule has 0 spiro atoms. The first kappa shape index (κ1) is 10.5. The van der Waals surface area contributed by atoms with Crippen LogP contribution in [0.15, 0.2) is 36.4 Å². The lowest BCUT2D eigenvalue weighted by atomic mass is 10.1. The van der Waals surface area contributed by atoms with E-state index >= 15 is 0 Å². The summed E-state index contributed by atoms with van der Waals surface area (Å²) in [5, 5.41) is 0. The van der Waals surface area contributed by atoms with Gasteiger partial charge in [0.25, 0.3) is 0 Å². The molecule has 2 rings (SSSR count). The van der Waals surface area contributed by atoms with Crippen molar-refractivity contribution < 1.29 is 4.74 Å². The third-order valence-electron chi connectivity index (χ3n) is 2.45. The topological polar surface area (TPSA) is 48.1 Å². The second-order valence-electron chi connectivity index (χ2n) is 3.65. The quantitative estimate of drug-likeness (QED) is 0.836. The van der Waals surface area contributed by atoms with E-state index in [1.807, 2.05) is 24.3 Å². The molecule has 0 bridgehead atoms. The molecule has 0 aliphatic carbocycles. The highest BCUT2D eigenvalue weighted by Gasteiger charge is 2.04. The van der Waals surface area contributed by atoms with Crippen molar-refractivity contribution in [3.05, 3.63) is 42.0 Å². The van der Waals surface area contributed by atoms with E-state index < -0.39 is 0 Å². The van der Waals surface area contributed by atoms with E-state index in [2.05, 4.69) is 24.0 Å². The summed E-state index contributed by atoms with van der Waals surface area (Å²) in [4.78, 5) is 4.30. The van der Waals surface area contributed by atoms with Gasteiger partial charge in [-0.3, -0.25) is 0 Å². The number of aromatic nitrogens is 1. The highest BCUT2D eigenvalue weighted by atomic mass is 16.5. The fourth-order valence-corrected chi connectivity index (χ4v) is 1.52. The Hall–Kier alpha value is -2.03. The molecule has 1 aromatic heterocycles. The van der Waals surface area contributed by atoms with Crippen molar-refractivity contribution in [2.24, 2.45) is 0 Å². The number of rotatable bonds is 2. The maximum atomic E-state index is 5.76. The van der Waals surface area contributed by atoms with Crippen molar-refractivity contribution in [2.45, 2.75) is 6.92 Å². The summed E-state index contributed by atoms with van der Waals surface area (Å²) in [7, 11) is 1.58. The Kier molecular flexibility index (Phi) is 2.77. The Balaban J connectivity index is 2.41. The third kappa shape index (κ3) is 1.98. The van der Waals surface area contributed by atoms with Crippen LogP contribution < -0.4 is 10.5 Å². The summed E-state index contributed by atoms with van der Waals surface area (Å²) in [6.45, 7) is 2.06. The largest absolute Gasteiger partial charge is 0.493 e. The molecule has 0 aliphatic heterocycles. The van der Waals surface area contributed by atoms with Gasteiger partial charge in [0.2, 0.25) is 0 Å². The van der Waals surface area contributed by atoms with E-state index in [9.17, 15) is 0 Å². The van der Waals surface area contributed by atoms with Crippen LogP contribution in [0.4, 0.5) is 5.82 Å². The van der Waals surface area contributed by atoms with Gasteiger partial charge in [-0.15, -0.1) is 0 Å². The van der Waals surface area contributed by atoms with Gasteiger partial charge in [-0.2, -0.15) is 0 Å². The van der Waals surface area contributed by atoms with Crippen LogP contribution in [-0.2, 0) is 0 Å². The van der Waals surface area contributed by atoms with E-state index in [1.54, 1.807) is 7.11 Å². The number of hydrogen-bond donors (Lipinski definition) is 1. The van der Waals surface area contributed by atoms with Crippen molar-refractivity contribution in [3.8, 4) is 17.0 Å². The SMILES string of the molecule is COc1ccc(-c2ccc(C)cc2)nc1N. The molecule has 3 nitrogen and oxygen atoms in total. The van der Waals surface area contributed by atoms with Gasteiger partial charge in [-0.25, -0.2) is 4.98 Å². The van der Waals surface area contributed by atoms with Gasteiger partial charge in [0.1, 0.15) is 0 Å². The highest BCUT2D eigenvalue weighted by Crippen LogP contribution is 2.24. The number of nitrogens with two attached hydrogens (primary N) is 1. The number of methoxy groups -OCH3 is 1. The van der Waals surface area contributed by atoms with Crippen molar-refractivity contribution in [1.82, 2.24) is 4.98 Å². The van der Waals surface area contributed by atoms with Crippen LogP contribution in [0.2, 0.25) is 0 Å². The van der Waals surface area contributed by atoms with Crippen molar-refractivity contribution in [3.63, 3.8) is 0 Å². The van der Waals surface area contributed by atoms with Crippen LogP contribution in [0.1, 0.15) is 5.56 Å². The van der Waals surface area contributed by atoms with Crippen LogP contribution >= 0.6 is 0 Å². The van der Waals surface area contributed by atoms with E-state index in [0.717, 1.165) is 11.3 Å². The molecule has 1 aromatic carbocycles. The fraction of sp³-hybridized carbons (Fsp3) is 0.154. The molecular weight excluding hydrogens is 200 g/mol. The Labute approximate surface area is 94.9 Å². The summed E-state index contributed by atoms with van der Waals surface area (Å²) in [6, 6.07) is 11.9. The van der Waals surface area contributed by atoms with Gasteiger partial charge in [-0.1, -0.05) is 29.8 Å². The van der Waals surface area contributed by atoms with E-state index in [0.29, 0.717) is 11.6 Å². The Morgan fingerprint density at radius 1 is 1.06 bits per heavy atom. The van der Waals surface area contributed by atoms with Crippen LogP contribution in [0, 0.1) is 6.92 Å². The lowest BCUT2D eigenvalue weighted by Gasteiger charge is -2.06. The Bertz CT molecular complexity index is 492. The molecule has 3 heteroatoms. The first-order valence-electron chi connectivity index (χ1n) is 5.08. The van der Waals surface area contributed by atoms with Crippen LogP contribution in [0.3, 0.4) is 0 Å². The molecule has 0 radical (unpaired) electrons. The van der Waals surface area contributed by atoms with Crippen molar-refractivity contribution >= 4 is 5.82 Å².